The third-order valence-electron chi connectivity index (χ3n) is 6.92. The van der Waals surface area contributed by atoms with Crippen molar-refractivity contribution in [3.05, 3.63) is 95.1 Å². The standard InChI is InChI=1S/C29H29N3O4/c1-18(2)26(19-12-14-20(36-3)15-13-19)30-25(33)16-17-31-27-21-8-4-5-9-22(21)29(35)32(27)24-11-7-6-10-23(24)28(31)34/h4-15,18,26-27H,16-17H2,1-3H3,(H,30,33)/t26-,27+/m0/s1. The first-order valence-corrected chi connectivity index (χ1v) is 12.2. The Labute approximate surface area is 210 Å². The van der Waals surface area contributed by atoms with Gasteiger partial charge in [0.2, 0.25) is 5.91 Å². The van der Waals surface area contributed by atoms with Gasteiger partial charge < -0.3 is 15.0 Å². The molecular weight excluding hydrogens is 454 g/mol. The lowest BCUT2D eigenvalue weighted by Crippen LogP contribution is -2.49. The number of carbonyl (C=O) groups is 3. The predicted molar refractivity (Wildman–Crippen MR) is 137 cm³/mol. The maximum atomic E-state index is 13.5. The maximum absolute atomic E-state index is 13.5. The molecule has 7 nitrogen and oxygen atoms in total. The molecule has 0 aliphatic carbocycles. The fourth-order valence-electron chi connectivity index (χ4n) is 5.11. The lowest BCUT2D eigenvalue weighted by atomic mass is 9.95. The number of rotatable bonds is 7. The van der Waals surface area contributed by atoms with Crippen LogP contribution in [0.2, 0.25) is 0 Å². The van der Waals surface area contributed by atoms with Crippen molar-refractivity contribution in [3.63, 3.8) is 0 Å². The number of ether oxygens (including phenoxy) is 1. The molecular formula is C29H29N3O4. The highest BCUT2D eigenvalue weighted by Crippen LogP contribution is 2.45. The van der Waals surface area contributed by atoms with E-state index >= 15 is 0 Å². The highest BCUT2D eigenvalue weighted by molar-refractivity contribution is 6.16. The average molecular weight is 484 g/mol. The molecule has 3 aromatic carbocycles. The largest absolute Gasteiger partial charge is 0.497 e. The highest BCUT2D eigenvalue weighted by Gasteiger charge is 2.47. The van der Waals surface area contributed by atoms with Crippen LogP contribution in [0.1, 0.15) is 64.3 Å². The summed E-state index contributed by atoms with van der Waals surface area (Å²) in [6, 6.07) is 22.0. The van der Waals surface area contributed by atoms with Crippen molar-refractivity contribution in [1.82, 2.24) is 10.2 Å². The molecule has 2 atom stereocenters. The zero-order valence-corrected chi connectivity index (χ0v) is 20.6. The van der Waals surface area contributed by atoms with Crippen molar-refractivity contribution in [3.8, 4) is 5.75 Å². The van der Waals surface area contributed by atoms with Crippen molar-refractivity contribution >= 4 is 23.4 Å². The van der Waals surface area contributed by atoms with Crippen LogP contribution in [0.15, 0.2) is 72.8 Å². The van der Waals surface area contributed by atoms with Gasteiger partial charge in [0, 0.05) is 24.1 Å². The van der Waals surface area contributed by atoms with Crippen molar-refractivity contribution in [2.75, 3.05) is 18.6 Å². The van der Waals surface area contributed by atoms with Gasteiger partial charge >= 0.3 is 0 Å². The molecule has 1 N–H and O–H groups in total. The molecule has 0 fully saturated rings. The van der Waals surface area contributed by atoms with Gasteiger partial charge in [-0.3, -0.25) is 19.3 Å². The average Bonchev–Trinajstić information content (AvgIpc) is 3.19. The molecule has 3 aromatic rings. The number of methoxy groups -OCH3 is 1. The van der Waals surface area contributed by atoms with Gasteiger partial charge in [-0.05, 0) is 41.8 Å². The Morgan fingerprint density at radius 3 is 2.28 bits per heavy atom. The van der Waals surface area contributed by atoms with Crippen LogP contribution in [0.4, 0.5) is 5.69 Å². The molecule has 2 aliphatic rings. The van der Waals surface area contributed by atoms with E-state index in [2.05, 4.69) is 19.2 Å². The molecule has 0 radical (unpaired) electrons. The Bertz CT molecular complexity index is 1320. The first kappa shape index (κ1) is 23.6. The predicted octanol–water partition coefficient (Wildman–Crippen LogP) is 4.71. The molecule has 5 rings (SSSR count). The summed E-state index contributed by atoms with van der Waals surface area (Å²) in [5.41, 5.74) is 3.43. The number of amides is 3. The van der Waals surface area contributed by atoms with E-state index < -0.39 is 6.17 Å². The second-order valence-corrected chi connectivity index (χ2v) is 9.46. The van der Waals surface area contributed by atoms with E-state index in [4.69, 9.17) is 4.74 Å². The van der Waals surface area contributed by atoms with Crippen molar-refractivity contribution in [1.29, 1.82) is 0 Å². The Morgan fingerprint density at radius 2 is 1.58 bits per heavy atom. The second-order valence-electron chi connectivity index (χ2n) is 9.46. The van der Waals surface area contributed by atoms with E-state index in [9.17, 15) is 14.4 Å². The summed E-state index contributed by atoms with van der Waals surface area (Å²) in [7, 11) is 1.62. The molecule has 0 aromatic heterocycles. The van der Waals surface area contributed by atoms with Crippen LogP contribution in [0, 0.1) is 5.92 Å². The fraction of sp³-hybridized carbons (Fsp3) is 0.276. The molecule has 2 heterocycles. The van der Waals surface area contributed by atoms with Gasteiger partial charge in [-0.1, -0.05) is 56.3 Å². The number of hydrogen-bond donors (Lipinski definition) is 1. The first-order valence-electron chi connectivity index (χ1n) is 12.2. The maximum Gasteiger partial charge on any atom is 0.260 e. The number of para-hydroxylation sites is 1. The zero-order valence-electron chi connectivity index (χ0n) is 20.6. The molecule has 36 heavy (non-hydrogen) atoms. The highest BCUT2D eigenvalue weighted by atomic mass is 16.5. The lowest BCUT2D eigenvalue weighted by Gasteiger charge is -2.41. The summed E-state index contributed by atoms with van der Waals surface area (Å²) in [6.07, 6.45) is -0.445. The Hall–Kier alpha value is -4.13. The van der Waals surface area contributed by atoms with E-state index in [0.29, 0.717) is 16.8 Å². The van der Waals surface area contributed by atoms with Crippen LogP contribution in [0.3, 0.4) is 0 Å². The first-order chi connectivity index (χ1) is 17.4. The van der Waals surface area contributed by atoms with E-state index in [1.807, 2.05) is 48.5 Å². The molecule has 0 saturated carbocycles. The summed E-state index contributed by atoms with van der Waals surface area (Å²) in [5.74, 6) is 0.456. The van der Waals surface area contributed by atoms with Crippen molar-refractivity contribution in [2.45, 2.75) is 32.5 Å². The van der Waals surface area contributed by atoms with Crippen LogP contribution in [-0.2, 0) is 4.79 Å². The third kappa shape index (κ3) is 4.00. The molecule has 184 valence electrons. The van der Waals surface area contributed by atoms with Crippen molar-refractivity contribution < 1.29 is 19.1 Å². The second kappa shape index (κ2) is 9.49. The molecule has 0 spiro atoms. The molecule has 2 aliphatic heterocycles. The summed E-state index contributed by atoms with van der Waals surface area (Å²) >= 11 is 0. The Balaban J connectivity index is 1.38. The van der Waals surface area contributed by atoms with Gasteiger partial charge in [-0.25, -0.2) is 0 Å². The van der Waals surface area contributed by atoms with E-state index in [1.165, 1.54) is 0 Å². The zero-order chi connectivity index (χ0) is 25.4. The topological polar surface area (TPSA) is 79.0 Å². The molecule has 0 bridgehead atoms. The minimum absolute atomic E-state index is 0.119. The number of benzene rings is 3. The molecule has 0 saturated heterocycles. The van der Waals surface area contributed by atoms with Gasteiger partial charge in [0.25, 0.3) is 11.8 Å². The molecule has 7 heteroatoms. The number of anilines is 1. The van der Waals surface area contributed by atoms with Crippen LogP contribution >= 0.6 is 0 Å². The van der Waals surface area contributed by atoms with Crippen LogP contribution < -0.4 is 15.0 Å². The van der Waals surface area contributed by atoms with Gasteiger partial charge in [-0.15, -0.1) is 0 Å². The lowest BCUT2D eigenvalue weighted by molar-refractivity contribution is -0.122. The minimum Gasteiger partial charge on any atom is -0.497 e. The summed E-state index contributed by atoms with van der Waals surface area (Å²) in [4.78, 5) is 43.3. The van der Waals surface area contributed by atoms with Crippen LogP contribution in [0.25, 0.3) is 0 Å². The summed E-state index contributed by atoms with van der Waals surface area (Å²) in [5, 5.41) is 3.13. The molecule has 3 amide bonds. The Morgan fingerprint density at radius 1 is 0.917 bits per heavy atom. The van der Waals surface area contributed by atoms with Gasteiger partial charge in [0.1, 0.15) is 11.9 Å². The monoisotopic (exact) mass is 483 g/mol. The van der Waals surface area contributed by atoms with Crippen LogP contribution in [0.5, 0.6) is 5.75 Å². The minimum atomic E-state index is -0.564. The SMILES string of the molecule is COc1ccc([C@@H](NC(=O)CCN2C(=O)c3ccccc3N3C(=O)c4ccccc4[C@H]23)C(C)C)cc1. The van der Waals surface area contributed by atoms with E-state index in [-0.39, 0.29) is 42.6 Å². The van der Waals surface area contributed by atoms with Gasteiger partial charge in [0.05, 0.1) is 24.4 Å². The van der Waals surface area contributed by atoms with Gasteiger partial charge in [-0.2, -0.15) is 0 Å². The molecule has 0 unspecified atom stereocenters. The van der Waals surface area contributed by atoms with E-state index in [0.717, 1.165) is 16.9 Å². The number of fused-ring (bicyclic) bond motifs is 5. The third-order valence-corrected chi connectivity index (χ3v) is 6.92. The van der Waals surface area contributed by atoms with E-state index in [1.54, 1.807) is 41.2 Å². The summed E-state index contributed by atoms with van der Waals surface area (Å²) < 4.78 is 5.25. The van der Waals surface area contributed by atoms with Crippen LogP contribution in [-0.4, -0.2) is 36.3 Å². The number of hydrogen-bond acceptors (Lipinski definition) is 4. The smallest absolute Gasteiger partial charge is 0.260 e. The fourth-order valence-corrected chi connectivity index (χ4v) is 5.11. The Kier molecular flexibility index (Phi) is 6.22. The number of nitrogens with one attached hydrogen (secondary N) is 1. The normalized spacial score (nSPS) is 16.9. The number of carbonyl (C=O) groups excluding carboxylic acids is 3. The quantitative estimate of drug-likeness (QED) is 0.528. The van der Waals surface area contributed by atoms with Crippen molar-refractivity contribution in [2.24, 2.45) is 5.92 Å². The number of nitrogens with zero attached hydrogens (tertiary/aromatic N) is 2. The summed E-state index contributed by atoms with van der Waals surface area (Å²) in [6.45, 7) is 4.30. The van der Waals surface area contributed by atoms with Gasteiger partial charge in [0.15, 0.2) is 0 Å².